The van der Waals surface area contributed by atoms with E-state index in [2.05, 4.69) is 10.6 Å². The average Bonchev–Trinajstić information content (AvgIpc) is 3.02. The molecular weight excluding hydrogens is 334 g/mol. The van der Waals surface area contributed by atoms with Crippen molar-refractivity contribution in [2.24, 2.45) is 0 Å². The van der Waals surface area contributed by atoms with Gasteiger partial charge in [0.2, 0.25) is 5.91 Å². The van der Waals surface area contributed by atoms with Crippen LogP contribution in [0.3, 0.4) is 0 Å². The van der Waals surface area contributed by atoms with E-state index < -0.39 is 0 Å². The maximum absolute atomic E-state index is 12.3. The first-order valence-electron chi connectivity index (χ1n) is 8.25. The number of ether oxygens (including phenoxy) is 2. The lowest BCUT2D eigenvalue weighted by Gasteiger charge is -2.18. The number of hydrogen-bond acceptors (Lipinski definition) is 4. The number of amides is 3. The van der Waals surface area contributed by atoms with Crippen molar-refractivity contribution in [2.75, 3.05) is 31.0 Å². The Morgan fingerprint density at radius 2 is 1.88 bits per heavy atom. The molecule has 0 aliphatic carbocycles. The Labute approximate surface area is 151 Å². The Morgan fingerprint density at radius 3 is 2.58 bits per heavy atom. The molecule has 0 bridgehead atoms. The minimum atomic E-state index is -0.388. The van der Waals surface area contributed by atoms with Gasteiger partial charge in [0.05, 0.1) is 25.9 Å². The second kappa shape index (κ2) is 7.77. The molecule has 3 amide bonds. The van der Waals surface area contributed by atoms with Crippen LogP contribution in [-0.2, 0) is 4.79 Å². The molecule has 0 saturated carbocycles. The fourth-order valence-corrected chi connectivity index (χ4v) is 2.91. The van der Waals surface area contributed by atoms with Gasteiger partial charge in [0.15, 0.2) is 0 Å². The molecule has 0 radical (unpaired) electrons. The highest BCUT2D eigenvalue weighted by Gasteiger charge is 2.31. The third kappa shape index (κ3) is 3.88. The van der Waals surface area contributed by atoms with E-state index in [1.54, 1.807) is 30.2 Å². The van der Waals surface area contributed by atoms with Crippen LogP contribution in [0.5, 0.6) is 11.5 Å². The van der Waals surface area contributed by atoms with E-state index in [1.165, 1.54) is 7.11 Å². The third-order valence-corrected chi connectivity index (χ3v) is 4.19. The third-order valence-electron chi connectivity index (χ3n) is 4.19. The van der Waals surface area contributed by atoms with Gasteiger partial charge in [-0.15, -0.1) is 0 Å². The number of urea groups is 1. The normalized spacial score (nSPS) is 16.3. The van der Waals surface area contributed by atoms with Gasteiger partial charge in [0.1, 0.15) is 11.5 Å². The van der Waals surface area contributed by atoms with E-state index in [0.29, 0.717) is 23.7 Å². The first-order chi connectivity index (χ1) is 12.6. The smallest absolute Gasteiger partial charge is 0.319 e. The zero-order chi connectivity index (χ0) is 18.5. The van der Waals surface area contributed by atoms with E-state index in [9.17, 15) is 9.59 Å². The van der Waals surface area contributed by atoms with Gasteiger partial charge in [0.25, 0.3) is 0 Å². The fraction of sp³-hybridized carbons (Fsp3) is 0.263. The summed E-state index contributed by atoms with van der Waals surface area (Å²) >= 11 is 0. The van der Waals surface area contributed by atoms with E-state index in [-0.39, 0.29) is 24.4 Å². The van der Waals surface area contributed by atoms with Gasteiger partial charge >= 0.3 is 6.03 Å². The number of rotatable bonds is 5. The predicted octanol–water partition coefficient (Wildman–Crippen LogP) is 2.63. The zero-order valence-corrected chi connectivity index (χ0v) is 14.7. The number of hydrogen-bond donors (Lipinski definition) is 2. The molecule has 7 nitrogen and oxygen atoms in total. The summed E-state index contributed by atoms with van der Waals surface area (Å²) < 4.78 is 10.4. The molecule has 1 saturated heterocycles. The van der Waals surface area contributed by atoms with Gasteiger partial charge in [-0.05, 0) is 24.3 Å². The molecule has 2 aromatic rings. The van der Waals surface area contributed by atoms with Crippen LogP contribution < -0.4 is 25.0 Å². The molecule has 1 unspecified atom stereocenters. The average molecular weight is 355 g/mol. The van der Waals surface area contributed by atoms with E-state index in [1.807, 2.05) is 30.3 Å². The second-order valence-electron chi connectivity index (χ2n) is 5.91. The van der Waals surface area contributed by atoms with Crippen molar-refractivity contribution in [3.63, 3.8) is 0 Å². The molecule has 2 N–H and O–H groups in total. The number of nitrogens with one attached hydrogen (secondary N) is 2. The highest BCUT2D eigenvalue weighted by atomic mass is 16.5. The lowest BCUT2D eigenvalue weighted by atomic mass is 10.2. The topological polar surface area (TPSA) is 79.9 Å². The summed E-state index contributed by atoms with van der Waals surface area (Å²) in [5, 5.41) is 5.59. The molecule has 1 atom stereocenters. The van der Waals surface area contributed by atoms with Gasteiger partial charge in [-0.25, -0.2) is 4.79 Å². The molecule has 1 aliphatic heterocycles. The first-order valence-corrected chi connectivity index (χ1v) is 8.25. The Kier molecular flexibility index (Phi) is 5.26. The number of anilines is 2. The Morgan fingerprint density at radius 1 is 1.12 bits per heavy atom. The fourth-order valence-electron chi connectivity index (χ4n) is 2.91. The lowest BCUT2D eigenvalue weighted by molar-refractivity contribution is -0.117. The summed E-state index contributed by atoms with van der Waals surface area (Å²) in [6.07, 6.45) is 0.266. The van der Waals surface area contributed by atoms with Gasteiger partial charge in [-0.2, -0.15) is 0 Å². The number of para-hydroxylation sites is 1. The van der Waals surface area contributed by atoms with Crippen LogP contribution in [0.4, 0.5) is 16.2 Å². The van der Waals surface area contributed by atoms with Crippen molar-refractivity contribution in [3.8, 4) is 11.5 Å². The highest BCUT2D eigenvalue weighted by molar-refractivity contribution is 5.97. The number of nitrogens with zero attached hydrogens (tertiary/aromatic N) is 1. The number of benzene rings is 2. The quantitative estimate of drug-likeness (QED) is 0.864. The predicted molar refractivity (Wildman–Crippen MR) is 98.9 cm³/mol. The molecule has 0 aromatic heterocycles. The minimum Gasteiger partial charge on any atom is -0.497 e. The molecular formula is C19H21N3O4. The van der Waals surface area contributed by atoms with Crippen molar-refractivity contribution >= 4 is 23.3 Å². The molecule has 0 spiro atoms. The van der Waals surface area contributed by atoms with E-state index in [0.717, 1.165) is 5.69 Å². The zero-order valence-electron chi connectivity index (χ0n) is 14.7. The number of methoxy groups -OCH3 is 2. The summed E-state index contributed by atoms with van der Waals surface area (Å²) in [5.74, 6) is 1.11. The highest BCUT2D eigenvalue weighted by Crippen LogP contribution is 2.29. The van der Waals surface area contributed by atoms with Gasteiger partial charge in [-0.1, -0.05) is 18.2 Å². The van der Waals surface area contributed by atoms with Crippen LogP contribution in [-0.4, -0.2) is 38.7 Å². The Hall–Kier alpha value is -3.22. The van der Waals surface area contributed by atoms with Crippen LogP contribution in [0.25, 0.3) is 0 Å². The summed E-state index contributed by atoms with van der Waals surface area (Å²) in [4.78, 5) is 26.2. The first kappa shape index (κ1) is 17.6. The molecule has 136 valence electrons. The van der Waals surface area contributed by atoms with Crippen molar-refractivity contribution in [1.29, 1.82) is 0 Å². The van der Waals surface area contributed by atoms with Crippen LogP contribution in [0.2, 0.25) is 0 Å². The Bertz CT molecular complexity index is 795. The molecule has 2 aromatic carbocycles. The van der Waals surface area contributed by atoms with Crippen molar-refractivity contribution < 1.29 is 19.1 Å². The minimum absolute atomic E-state index is 0.0106. The second-order valence-corrected chi connectivity index (χ2v) is 5.91. The largest absolute Gasteiger partial charge is 0.497 e. The van der Waals surface area contributed by atoms with E-state index >= 15 is 0 Å². The van der Waals surface area contributed by atoms with Crippen LogP contribution in [0.1, 0.15) is 6.42 Å². The van der Waals surface area contributed by atoms with Crippen molar-refractivity contribution in [2.45, 2.75) is 12.5 Å². The molecule has 1 aliphatic rings. The summed E-state index contributed by atoms with van der Waals surface area (Å²) in [6.45, 7) is 0.440. The number of carbonyl (C=O) groups is 2. The Balaban J connectivity index is 1.62. The van der Waals surface area contributed by atoms with Crippen LogP contribution in [0.15, 0.2) is 48.5 Å². The summed E-state index contributed by atoms with van der Waals surface area (Å²) in [6, 6.07) is 13.9. The monoisotopic (exact) mass is 355 g/mol. The molecule has 3 rings (SSSR count). The molecule has 1 heterocycles. The van der Waals surface area contributed by atoms with Gasteiger partial charge in [0, 0.05) is 24.7 Å². The van der Waals surface area contributed by atoms with Crippen molar-refractivity contribution in [3.05, 3.63) is 48.5 Å². The SMILES string of the molecule is COc1ccc(NC(=O)NC2CC(=O)N(c3ccccc3)C2)c(OC)c1. The lowest BCUT2D eigenvalue weighted by Crippen LogP contribution is -2.39. The molecule has 7 heteroatoms. The van der Waals surface area contributed by atoms with E-state index in [4.69, 9.17) is 9.47 Å². The number of carbonyl (C=O) groups excluding carboxylic acids is 2. The summed E-state index contributed by atoms with van der Waals surface area (Å²) in [7, 11) is 3.08. The maximum atomic E-state index is 12.3. The molecule has 1 fully saturated rings. The standard InChI is InChI=1S/C19H21N3O4/c1-25-15-8-9-16(17(11-15)26-2)21-19(24)20-13-10-18(23)22(12-13)14-6-4-3-5-7-14/h3-9,11,13H,10,12H2,1-2H3,(H2,20,21,24). The van der Waals surface area contributed by atoms with Crippen LogP contribution in [0, 0.1) is 0 Å². The maximum Gasteiger partial charge on any atom is 0.319 e. The van der Waals surface area contributed by atoms with Crippen molar-refractivity contribution in [1.82, 2.24) is 5.32 Å². The molecule has 26 heavy (non-hydrogen) atoms. The van der Waals surface area contributed by atoms with Gasteiger partial charge in [-0.3, -0.25) is 4.79 Å². The van der Waals surface area contributed by atoms with Crippen LogP contribution >= 0.6 is 0 Å². The summed E-state index contributed by atoms with van der Waals surface area (Å²) in [5.41, 5.74) is 1.36. The van der Waals surface area contributed by atoms with Gasteiger partial charge < -0.3 is 25.0 Å².